The van der Waals surface area contributed by atoms with Crippen LogP contribution < -0.4 is 0 Å². The molecule has 1 aliphatic rings. The highest BCUT2D eigenvalue weighted by Gasteiger charge is 2.44. The van der Waals surface area contributed by atoms with E-state index in [1.165, 1.54) is 12.0 Å². The molecule has 0 aromatic carbocycles. The van der Waals surface area contributed by atoms with Crippen LogP contribution in [0.4, 0.5) is 0 Å². The topological polar surface area (TPSA) is 20.2 Å². The molecule has 104 valence electrons. The van der Waals surface area contributed by atoms with Crippen molar-refractivity contribution in [1.82, 2.24) is 0 Å². The highest BCUT2D eigenvalue weighted by molar-refractivity contribution is 5.15. The Kier molecular flexibility index (Phi) is 4.83. The maximum Gasteiger partial charge on any atom is 0.0650 e. The molecule has 1 aliphatic carbocycles. The maximum atomic E-state index is 10.4. The Bertz CT molecular complexity index is 339. The Labute approximate surface area is 113 Å². The van der Waals surface area contributed by atoms with Gasteiger partial charge in [0.25, 0.3) is 0 Å². The SMILES string of the molecule is CC(C)=CCCC1=CCC(C)(C(C)(C)O)C(C)C1. The first-order chi connectivity index (χ1) is 8.17. The van der Waals surface area contributed by atoms with Gasteiger partial charge in [-0.3, -0.25) is 0 Å². The molecule has 0 aromatic rings. The minimum Gasteiger partial charge on any atom is -0.390 e. The lowest BCUT2D eigenvalue weighted by atomic mass is 9.60. The van der Waals surface area contributed by atoms with Gasteiger partial charge in [-0.2, -0.15) is 0 Å². The molecule has 0 amide bonds. The summed E-state index contributed by atoms with van der Waals surface area (Å²) in [4.78, 5) is 0. The largest absolute Gasteiger partial charge is 0.390 e. The first kappa shape index (κ1) is 15.5. The quantitative estimate of drug-likeness (QED) is 0.706. The van der Waals surface area contributed by atoms with Crippen molar-refractivity contribution in [1.29, 1.82) is 0 Å². The van der Waals surface area contributed by atoms with Crippen LogP contribution in [0.25, 0.3) is 0 Å². The van der Waals surface area contributed by atoms with Crippen LogP contribution in [0.5, 0.6) is 0 Å². The van der Waals surface area contributed by atoms with E-state index in [1.807, 2.05) is 13.8 Å². The van der Waals surface area contributed by atoms with Gasteiger partial charge in [0.05, 0.1) is 5.60 Å². The minimum absolute atomic E-state index is 0.00696. The predicted octanol–water partition coefficient (Wildman–Crippen LogP) is 4.87. The van der Waals surface area contributed by atoms with Crippen LogP contribution in [0.3, 0.4) is 0 Å². The molecule has 1 nitrogen and oxygen atoms in total. The Morgan fingerprint density at radius 2 is 2.11 bits per heavy atom. The Morgan fingerprint density at radius 1 is 1.50 bits per heavy atom. The molecule has 0 aromatic heterocycles. The van der Waals surface area contributed by atoms with Gasteiger partial charge >= 0.3 is 0 Å². The van der Waals surface area contributed by atoms with Gasteiger partial charge in [0, 0.05) is 5.41 Å². The molecule has 0 spiro atoms. The molecule has 0 saturated heterocycles. The third-order valence-corrected chi connectivity index (χ3v) is 4.89. The summed E-state index contributed by atoms with van der Waals surface area (Å²) >= 11 is 0. The first-order valence-corrected chi connectivity index (χ1v) is 7.20. The molecule has 1 rings (SSSR count). The Balaban J connectivity index is 2.68. The second kappa shape index (κ2) is 5.61. The van der Waals surface area contributed by atoms with E-state index in [2.05, 4.69) is 39.8 Å². The molecule has 1 heteroatoms. The van der Waals surface area contributed by atoms with Gasteiger partial charge in [0.15, 0.2) is 0 Å². The minimum atomic E-state index is -0.603. The zero-order valence-electron chi connectivity index (χ0n) is 13.0. The molecular formula is C17H30O. The third-order valence-electron chi connectivity index (χ3n) is 4.89. The van der Waals surface area contributed by atoms with E-state index in [-0.39, 0.29) is 5.41 Å². The highest BCUT2D eigenvalue weighted by atomic mass is 16.3. The highest BCUT2D eigenvalue weighted by Crippen LogP contribution is 2.48. The van der Waals surface area contributed by atoms with Crippen molar-refractivity contribution in [3.05, 3.63) is 23.3 Å². The first-order valence-electron chi connectivity index (χ1n) is 7.20. The molecule has 2 unspecified atom stereocenters. The molecule has 0 heterocycles. The molecule has 18 heavy (non-hydrogen) atoms. The number of rotatable bonds is 4. The van der Waals surface area contributed by atoms with Crippen LogP contribution in [0.1, 0.15) is 67.2 Å². The van der Waals surface area contributed by atoms with E-state index in [1.54, 1.807) is 5.57 Å². The maximum absolute atomic E-state index is 10.4. The lowest BCUT2D eigenvalue weighted by Crippen LogP contribution is -2.47. The molecule has 0 bridgehead atoms. The van der Waals surface area contributed by atoms with Crippen LogP contribution in [-0.4, -0.2) is 10.7 Å². The summed E-state index contributed by atoms with van der Waals surface area (Å²) < 4.78 is 0. The zero-order valence-corrected chi connectivity index (χ0v) is 13.0. The van der Waals surface area contributed by atoms with Crippen molar-refractivity contribution in [2.45, 2.75) is 72.8 Å². The molecule has 1 N–H and O–H groups in total. The van der Waals surface area contributed by atoms with Crippen LogP contribution in [0.15, 0.2) is 23.3 Å². The second-order valence-electron chi connectivity index (χ2n) is 6.97. The van der Waals surface area contributed by atoms with E-state index in [0.717, 1.165) is 19.3 Å². The van der Waals surface area contributed by atoms with Crippen LogP contribution >= 0.6 is 0 Å². The third kappa shape index (κ3) is 3.47. The van der Waals surface area contributed by atoms with Crippen LogP contribution in [0, 0.1) is 11.3 Å². The van der Waals surface area contributed by atoms with Gasteiger partial charge in [-0.1, -0.05) is 37.1 Å². The summed E-state index contributed by atoms with van der Waals surface area (Å²) in [7, 11) is 0. The number of aliphatic hydroxyl groups is 1. The number of hydrogen-bond acceptors (Lipinski definition) is 1. The average molecular weight is 250 g/mol. The number of hydrogen-bond donors (Lipinski definition) is 1. The molecule has 0 fully saturated rings. The van der Waals surface area contributed by atoms with E-state index in [0.29, 0.717) is 5.92 Å². The van der Waals surface area contributed by atoms with Crippen molar-refractivity contribution in [2.75, 3.05) is 0 Å². The molecule has 0 aliphatic heterocycles. The van der Waals surface area contributed by atoms with Crippen molar-refractivity contribution in [3.63, 3.8) is 0 Å². The smallest absolute Gasteiger partial charge is 0.0650 e. The monoisotopic (exact) mass is 250 g/mol. The zero-order chi connectivity index (χ0) is 14.0. The van der Waals surface area contributed by atoms with E-state index < -0.39 is 5.60 Å². The van der Waals surface area contributed by atoms with Gasteiger partial charge in [-0.15, -0.1) is 0 Å². The van der Waals surface area contributed by atoms with Gasteiger partial charge in [0.1, 0.15) is 0 Å². The summed E-state index contributed by atoms with van der Waals surface area (Å²) in [6.07, 6.45) is 9.16. The van der Waals surface area contributed by atoms with Gasteiger partial charge in [0.2, 0.25) is 0 Å². The fourth-order valence-corrected chi connectivity index (χ4v) is 2.86. The lowest BCUT2D eigenvalue weighted by Gasteiger charge is -2.47. The Morgan fingerprint density at radius 3 is 2.56 bits per heavy atom. The summed E-state index contributed by atoms with van der Waals surface area (Å²) in [6.45, 7) is 12.7. The van der Waals surface area contributed by atoms with Crippen LogP contribution in [0.2, 0.25) is 0 Å². The van der Waals surface area contributed by atoms with Crippen molar-refractivity contribution in [2.24, 2.45) is 11.3 Å². The number of allylic oxidation sites excluding steroid dienone is 4. The molecule has 2 atom stereocenters. The van der Waals surface area contributed by atoms with E-state index in [4.69, 9.17) is 0 Å². The summed E-state index contributed by atoms with van der Waals surface area (Å²) in [6, 6.07) is 0. The fraction of sp³-hybridized carbons (Fsp3) is 0.765. The normalized spacial score (nSPS) is 28.8. The summed E-state index contributed by atoms with van der Waals surface area (Å²) in [5.74, 6) is 0.546. The summed E-state index contributed by atoms with van der Waals surface area (Å²) in [5.41, 5.74) is 2.38. The molecular weight excluding hydrogens is 220 g/mol. The van der Waals surface area contributed by atoms with Gasteiger partial charge in [-0.25, -0.2) is 0 Å². The van der Waals surface area contributed by atoms with Crippen LogP contribution in [-0.2, 0) is 0 Å². The summed E-state index contributed by atoms with van der Waals surface area (Å²) in [5, 5.41) is 10.4. The lowest BCUT2D eigenvalue weighted by molar-refractivity contribution is -0.0778. The Hall–Kier alpha value is -0.560. The van der Waals surface area contributed by atoms with Crippen molar-refractivity contribution < 1.29 is 5.11 Å². The van der Waals surface area contributed by atoms with Gasteiger partial charge < -0.3 is 5.11 Å². The fourth-order valence-electron chi connectivity index (χ4n) is 2.86. The standard InChI is InChI=1S/C17H30O/c1-13(2)8-7-9-15-10-11-17(6,14(3)12-15)16(4,5)18/h8,10,14,18H,7,9,11-12H2,1-6H3. The molecule has 0 radical (unpaired) electrons. The average Bonchev–Trinajstić information content (AvgIpc) is 2.21. The van der Waals surface area contributed by atoms with Crippen molar-refractivity contribution in [3.8, 4) is 0 Å². The van der Waals surface area contributed by atoms with Gasteiger partial charge in [-0.05, 0) is 59.3 Å². The van der Waals surface area contributed by atoms with Crippen molar-refractivity contribution >= 4 is 0 Å². The van der Waals surface area contributed by atoms with E-state index in [9.17, 15) is 5.11 Å². The predicted molar refractivity (Wildman–Crippen MR) is 79.6 cm³/mol. The molecule has 0 saturated carbocycles. The van der Waals surface area contributed by atoms with E-state index >= 15 is 0 Å². The second-order valence-corrected chi connectivity index (χ2v) is 6.97.